The number of aromatic nitrogens is 1. The van der Waals surface area contributed by atoms with E-state index in [-0.39, 0.29) is 0 Å². The van der Waals surface area contributed by atoms with Gasteiger partial charge in [0.05, 0.1) is 5.56 Å². The van der Waals surface area contributed by atoms with Crippen LogP contribution in [0.4, 0.5) is 0 Å². The third-order valence-corrected chi connectivity index (χ3v) is 2.83. The van der Waals surface area contributed by atoms with Gasteiger partial charge in [-0.3, -0.25) is 0 Å². The molecule has 3 heteroatoms. The molecule has 0 aliphatic carbocycles. The Morgan fingerprint density at radius 1 is 1.27 bits per heavy atom. The lowest BCUT2D eigenvalue weighted by molar-refractivity contribution is 0.0696. The van der Waals surface area contributed by atoms with Crippen molar-refractivity contribution < 1.29 is 9.90 Å². The van der Waals surface area contributed by atoms with E-state index in [0.717, 1.165) is 16.9 Å². The van der Waals surface area contributed by atoms with E-state index in [1.165, 1.54) is 0 Å². The van der Waals surface area contributed by atoms with E-state index in [1.807, 2.05) is 29.0 Å². The number of carboxylic acids is 1. The molecule has 1 aromatic heterocycles. The fraction of sp³-hybridized carbons (Fsp3) is 0.0833. The molecule has 0 unspecified atom stereocenters. The molecule has 0 amide bonds. The zero-order valence-corrected chi connectivity index (χ0v) is 7.97. The smallest absolute Gasteiger partial charge is 0.336 e. The molecule has 74 valence electrons. The maximum Gasteiger partial charge on any atom is 0.336 e. The van der Waals surface area contributed by atoms with Gasteiger partial charge in [-0.1, -0.05) is 6.07 Å². The van der Waals surface area contributed by atoms with E-state index in [1.54, 1.807) is 12.1 Å². The predicted octanol–water partition coefficient (Wildman–Crippen LogP) is 2.08. The van der Waals surface area contributed by atoms with Crippen LogP contribution in [0.2, 0.25) is 0 Å². The SMILES string of the molecule is O=C(O)c1cccc2c1Cc1cccn1-2. The Bertz CT molecular complexity index is 554. The van der Waals surface area contributed by atoms with Gasteiger partial charge in [-0.25, -0.2) is 4.79 Å². The Hall–Kier alpha value is -2.03. The molecule has 0 fully saturated rings. The lowest BCUT2D eigenvalue weighted by atomic mass is 10.0. The highest BCUT2D eigenvalue weighted by Crippen LogP contribution is 2.30. The fourth-order valence-electron chi connectivity index (χ4n) is 2.16. The Kier molecular flexibility index (Phi) is 1.51. The number of hydrogen-bond acceptors (Lipinski definition) is 1. The molecule has 3 nitrogen and oxygen atoms in total. The third kappa shape index (κ3) is 1.03. The average molecular weight is 199 g/mol. The second-order valence-corrected chi connectivity index (χ2v) is 3.65. The first-order valence-corrected chi connectivity index (χ1v) is 4.79. The maximum atomic E-state index is 11.0. The molecule has 1 N–H and O–H groups in total. The topological polar surface area (TPSA) is 42.2 Å². The quantitative estimate of drug-likeness (QED) is 0.652. The third-order valence-electron chi connectivity index (χ3n) is 2.83. The minimum atomic E-state index is -0.849. The van der Waals surface area contributed by atoms with Gasteiger partial charge in [-0.15, -0.1) is 0 Å². The summed E-state index contributed by atoms with van der Waals surface area (Å²) in [6.45, 7) is 0. The first kappa shape index (κ1) is 8.29. The molecular weight excluding hydrogens is 190 g/mol. The molecule has 1 aliphatic rings. The maximum absolute atomic E-state index is 11.0. The van der Waals surface area contributed by atoms with E-state index in [0.29, 0.717) is 12.0 Å². The summed E-state index contributed by atoms with van der Waals surface area (Å²) in [5.41, 5.74) is 3.48. The van der Waals surface area contributed by atoms with Crippen molar-refractivity contribution in [3.8, 4) is 5.69 Å². The highest BCUT2D eigenvalue weighted by molar-refractivity contribution is 5.91. The summed E-state index contributed by atoms with van der Waals surface area (Å²) in [6.07, 6.45) is 2.68. The number of hydrogen-bond donors (Lipinski definition) is 1. The van der Waals surface area contributed by atoms with Gasteiger partial charge in [0.1, 0.15) is 0 Å². The van der Waals surface area contributed by atoms with Gasteiger partial charge in [0.25, 0.3) is 0 Å². The van der Waals surface area contributed by atoms with E-state index >= 15 is 0 Å². The highest BCUT2D eigenvalue weighted by atomic mass is 16.4. The minimum Gasteiger partial charge on any atom is -0.478 e. The summed E-state index contributed by atoms with van der Waals surface area (Å²) in [5.74, 6) is -0.849. The number of carboxylic acid groups (broad SMARTS) is 1. The summed E-state index contributed by atoms with van der Waals surface area (Å²) >= 11 is 0. The summed E-state index contributed by atoms with van der Waals surface area (Å²) in [6, 6.07) is 9.40. The normalized spacial score (nSPS) is 12.3. The van der Waals surface area contributed by atoms with Crippen LogP contribution in [-0.4, -0.2) is 15.6 Å². The van der Waals surface area contributed by atoms with Crippen molar-refractivity contribution in [1.29, 1.82) is 0 Å². The van der Waals surface area contributed by atoms with Crippen molar-refractivity contribution in [3.05, 3.63) is 53.3 Å². The van der Waals surface area contributed by atoms with E-state index in [4.69, 9.17) is 5.11 Å². The van der Waals surface area contributed by atoms with Crippen LogP contribution in [0.3, 0.4) is 0 Å². The Morgan fingerprint density at radius 2 is 2.13 bits per heavy atom. The molecule has 0 saturated heterocycles. The molecule has 0 atom stereocenters. The summed E-state index contributed by atoms with van der Waals surface area (Å²) < 4.78 is 2.04. The molecular formula is C12H9NO2. The van der Waals surface area contributed by atoms with Crippen LogP contribution < -0.4 is 0 Å². The van der Waals surface area contributed by atoms with Crippen LogP contribution >= 0.6 is 0 Å². The largest absolute Gasteiger partial charge is 0.478 e. The van der Waals surface area contributed by atoms with E-state index in [9.17, 15) is 4.79 Å². The first-order chi connectivity index (χ1) is 7.27. The van der Waals surface area contributed by atoms with Crippen LogP contribution in [0, 0.1) is 0 Å². The summed E-state index contributed by atoms with van der Waals surface area (Å²) in [4.78, 5) is 11.0. The van der Waals surface area contributed by atoms with E-state index in [2.05, 4.69) is 0 Å². The molecule has 1 aromatic carbocycles. The van der Waals surface area contributed by atoms with Crippen LogP contribution in [0.1, 0.15) is 21.6 Å². The van der Waals surface area contributed by atoms with Crippen molar-refractivity contribution in [2.45, 2.75) is 6.42 Å². The van der Waals surface area contributed by atoms with Gasteiger partial charge < -0.3 is 9.67 Å². The van der Waals surface area contributed by atoms with Gasteiger partial charge in [0.15, 0.2) is 0 Å². The average Bonchev–Trinajstić information content (AvgIpc) is 2.75. The highest BCUT2D eigenvalue weighted by Gasteiger charge is 2.22. The number of aromatic carboxylic acids is 1. The molecule has 2 aromatic rings. The number of fused-ring (bicyclic) bond motifs is 3. The molecule has 0 radical (unpaired) electrons. The fourth-order valence-corrected chi connectivity index (χ4v) is 2.16. The van der Waals surface area contributed by atoms with Gasteiger partial charge in [0.2, 0.25) is 0 Å². The number of benzene rings is 1. The Balaban J connectivity index is 2.28. The van der Waals surface area contributed by atoms with Gasteiger partial charge >= 0.3 is 5.97 Å². The molecule has 2 heterocycles. The molecule has 1 aliphatic heterocycles. The Morgan fingerprint density at radius 3 is 2.93 bits per heavy atom. The van der Waals surface area contributed by atoms with Crippen molar-refractivity contribution in [3.63, 3.8) is 0 Å². The zero-order valence-electron chi connectivity index (χ0n) is 7.97. The monoisotopic (exact) mass is 199 g/mol. The van der Waals surface area contributed by atoms with Crippen LogP contribution in [0.15, 0.2) is 36.5 Å². The van der Waals surface area contributed by atoms with Crippen LogP contribution in [0.25, 0.3) is 5.69 Å². The van der Waals surface area contributed by atoms with Crippen LogP contribution in [0.5, 0.6) is 0 Å². The molecule has 3 rings (SSSR count). The van der Waals surface area contributed by atoms with Crippen molar-refractivity contribution in [2.24, 2.45) is 0 Å². The Labute approximate surface area is 86.6 Å². The standard InChI is InChI=1S/C12H9NO2/c14-12(15)9-4-1-5-11-10(9)7-8-3-2-6-13(8)11/h1-6H,7H2,(H,14,15). The lowest BCUT2D eigenvalue weighted by Crippen LogP contribution is -2.01. The zero-order chi connectivity index (χ0) is 10.4. The predicted molar refractivity (Wildman–Crippen MR) is 55.5 cm³/mol. The van der Waals surface area contributed by atoms with Gasteiger partial charge in [-0.2, -0.15) is 0 Å². The van der Waals surface area contributed by atoms with Gasteiger partial charge in [-0.05, 0) is 29.8 Å². The number of nitrogens with zero attached hydrogens (tertiary/aromatic N) is 1. The van der Waals surface area contributed by atoms with E-state index < -0.39 is 5.97 Å². The van der Waals surface area contributed by atoms with Crippen LogP contribution in [-0.2, 0) is 6.42 Å². The second kappa shape index (κ2) is 2.73. The van der Waals surface area contributed by atoms with Crippen molar-refractivity contribution in [1.82, 2.24) is 4.57 Å². The van der Waals surface area contributed by atoms with Gasteiger partial charge in [0, 0.05) is 24.0 Å². The molecule has 0 spiro atoms. The summed E-state index contributed by atoms with van der Waals surface area (Å²) in [7, 11) is 0. The lowest BCUT2D eigenvalue weighted by Gasteiger charge is -2.04. The molecule has 15 heavy (non-hydrogen) atoms. The van der Waals surface area contributed by atoms with Crippen molar-refractivity contribution in [2.75, 3.05) is 0 Å². The summed E-state index contributed by atoms with van der Waals surface area (Å²) in [5, 5.41) is 9.06. The molecule has 0 bridgehead atoms. The minimum absolute atomic E-state index is 0.413. The van der Waals surface area contributed by atoms with Crippen molar-refractivity contribution >= 4 is 5.97 Å². The second-order valence-electron chi connectivity index (χ2n) is 3.65. The molecule has 0 saturated carbocycles. The number of carbonyl (C=O) groups is 1. The number of rotatable bonds is 1. The first-order valence-electron chi connectivity index (χ1n) is 4.79.